The quantitative estimate of drug-likeness (QED) is 0.627. The van der Waals surface area contributed by atoms with E-state index in [1.165, 1.54) is 12.1 Å². The van der Waals surface area contributed by atoms with Gasteiger partial charge >= 0.3 is 0 Å². The molecule has 110 valence electrons. The molecule has 1 heterocycles. The Morgan fingerprint density at radius 3 is 2.71 bits per heavy atom. The molecule has 2 aromatic rings. The van der Waals surface area contributed by atoms with E-state index >= 15 is 0 Å². The molecule has 0 amide bonds. The largest absolute Gasteiger partial charge is 0.481 e. The van der Waals surface area contributed by atoms with Crippen LogP contribution in [-0.4, -0.2) is 24.1 Å². The van der Waals surface area contributed by atoms with Gasteiger partial charge in [-0.05, 0) is 17.7 Å². The Hall–Kier alpha value is -2.83. The summed E-state index contributed by atoms with van der Waals surface area (Å²) in [6.07, 6.45) is 1.66. The zero-order valence-electron chi connectivity index (χ0n) is 11.8. The fourth-order valence-electron chi connectivity index (χ4n) is 1.84. The van der Waals surface area contributed by atoms with Crippen LogP contribution in [-0.2, 0) is 6.54 Å². The molecule has 0 aliphatic heterocycles. The number of pyridine rings is 1. The van der Waals surface area contributed by atoms with Gasteiger partial charge in [0.1, 0.15) is 0 Å². The second-order valence-electron chi connectivity index (χ2n) is 4.34. The summed E-state index contributed by atoms with van der Waals surface area (Å²) in [5, 5.41) is 17.0. The normalized spacial score (nSPS) is 10.0. The second-order valence-corrected chi connectivity index (χ2v) is 4.34. The van der Waals surface area contributed by atoms with Crippen LogP contribution in [0.4, 0.5) is 17.1 Å². The lowest BCUT2D eigenvalue weighted by molar-refractivity contribution is -0.384. The van der Waals surface area contributed by atoms with Gasteiger partial charge in [-0.1, -0.05) is 0 Å². The van der Waals surface area contributed by atoms with Crippen LogP contribution in [0.1, 0.15) is 5.56 Å². The molecule has 1 aromatic carbocycles. The van der Waals surface area contributed by atoms with Crippen molar-refractivity contribution in [2.24, 2.45) is 0 Å². The molecule has 2 rings (SSSR count). The van der Waals surface area contributed by atoms with E-state index in [1.54, 1.807) is 20.4 Å². The molecule has 0 bridgehead atoms. The number of anilines is 2. The number of nitrogens with one attached hydrogen (secondary N) is 2. The fraction of sp³-hybridized carbons (Fsp3) is 0.214. The summed E-state index contributed by atoms with van der Waals surface area (Å²) < 4.78 is 5.06. The van der Waals surface area contributed by atoms with Crippen molar-refractivity contribution >= 4 is 17.1 Å². The minimum atomic E-state index is -0.415. The van der Waals surface area contributed by atoms with Gasteiger partial charge in [-0.2, -0.15) is 0 Å². The van der Waals surface area contributed by atoms with Crippen LogP contribution in [0.3, 0.4) is 0 Å². The number of hydrogen-bond acceptors (Lipinski definition) is 6. The highest BCUT2D eigenvalue weighted by Crippen LogP contribution is 2.24. The summed E-state index contributed by atoms with van der Waals surface area (Å²) in [5.41, 5.74) is 2.36. The molecule has 7 heteroatoms. The summed E-state index contributed by atoms with van der Waals surface area (Å²) in [6, 6.07) is 8.46. The Kier molecular flexibility index (Phi) is 4.55. The fourth-order valence-corrected chi connectivity index (χ4v) is 1.84. The lowest BCUT2D eigenvalue weighted by Gasteiger charge is -2.09. The van der Waals surface area contributed by atoms with Gasteiger partial charge < -0.3 is 15.4 Å². The molecule has 0 atom stereocenters. The van der Waals surface area contributed by atoms with Crippen molar-refractivity contribution in [1.82, 2.24) is 4.98 Å². The van der Waals surface area contributed by atoms with Gasteiger partial charge in [0.25, 0.3) is 5.69 Å². The predicted molar refractivity (Wildman–Crippen MR) is 80.8 cm³/mol. The first-order valence-electron chi connectivity index (χ1n) is 6.32. The van der Waals surface area contributed by atoms with E-state index in [2.05, 4.69) is 15.6 Å². The average molecular weight is 288 g/mol. The standard InChI is InChI=1S/C14H16N4O3/c1-15-11-6-12(8-13(7-11)18(19)20)17-9-10-3-4-16-14(5-10)21-2/h3-8,15,17H,9H2,1-2H3. The third-order valence-electron chi connectivity index (χ3n) is 2.92. The molecule has 0 radical (unpaired) electrons. The Labute approximate surface area is 122 Å². The van der Waals surface area contributed by atoms with Crippen molar-refractivity contribution in [3.8, 4) is 5.88 Å². The SMILES string of the molecule is CNc1cc(NCc2ccnc(OC)c2)cc([N+](=O)[O-])c1. The summed E-state index contributed by atoms with van der Waals surface area (Å²) >= 11 is 0. The summed E-state index contributed by atoms with van der Waals surface area (Å²) in [7, 11) is 3.27. The molecule has 0 aliphatic rings. The first-order chi connectivity index (χ1) is 10.1. The van der Waals surface area contributed by atoms with Gasteiger partial charge in [0.15, 0.2) is 0 Å². The number of nitro benzene ring substituents is 1. The average Bonchev–Trinajstić information content (AvgIpc) is 2.52. The molecule has 0 aliphatic carbocycles. The Bertz CT molecular complexity index is 646. The number of methoxy groups -OCH3 is 1. The van der Waals surface area contributed by atoms with E-state index in [0.717, 1.165) is 5.56 Å². The van der Waals surface area contributed by atoms with Gasteiger partial charge in [-0.3, -0.25) is 10.1 Å². The van der Waals surface area contributed by atoms with E-state index < -0.39 is 4.92 Å². The van der Waals surface area contributed by atoms with Crippen LogP contribution in [0.25, 0.3) is 0 Å². The summed E-state index contributed by atoms with van der Waals surface area (Å²) in [5.74, 6) is 0.532. The minimum Gasteiger partial charge on any atom is -0.481 e. The first-order valence-corrected chi connectivity index (χ1v) is 6.32. The topological polar surface area (TPSA) is 89.3 Å². The van der Waals surface area contributed by atoms with Crippen molar-refractivity contribution in [2.75, 3.05) is 24.8 Å². The number of ether oxygens (including phenoxy) is 1. The molecule has 0 saturated carbocycles. The zero-order valence-corrected chi connectivity index (χ0v) is 11.8. The van der Waals surface area contributed by atoms with E-state index in [1.807, 2.05) is 18.2 Å². The Balaban J connectivity index is 2.15. The van der Waals surface area contributed by atoms with Crippen molar-refractivity contribution in [2.45, 2.75) is 6.54 Å². The van der Waals surface area contributed by atoms with Gasteiger partial charge in [-0.15, -0.1) is 0 Å². The van der Waals surface area contributed by atoms with Crippen molar-refractivity contribution in [3.63, 3.8) is 0 Å². The third kappa shape index (κ3) is 3.82. The van der Waals surface area contributed by atoms with Gasteiger partial charge in [0, 0.05) is 49.4 Å². The Morgan fingerprint density at radius 1 is 1.29 bits per heavy atom. The molecule has 2 N–H and O–H groups in total. The van der Waals surface area contributed by atoms with Crippen LogP contribution in [0.15, 0.2) is 36.5 Å². The maximum Gasteiger partial charge on any atom is 0.273 e. The summed E-state index contributed by atoms with van der Waals surface area (Å²) in [6.45, 7) is 0.517. The molecular formula is C14H16N4O3. The molecule has 0 unspecified atom stereocenters. The monoisotopic (exact) mass is 288 g/mol. The van der Waals surface area contributed by atoms with Crippen molar-refractivity contribution in [3.05, 3.63) is 52.2 Å². The highest BCUT2D eigenvalue weighted by Gasteiger charge is 2.09. The second kappa shape index (κ2) is 6.56. The molecule has 21 heavy (non-hydrogen) atoms. The van der Waals surface area contributed by atoms with Crippen LogP contribution < -0.4 is 15.4 Å². The predicted octanol–water partition coefficient (Wildman–Crippen LogP) is 2.65. The van der Waals surface area contributed by atoms with E-state index in [-0.39, 0.29) is 5.69 Å². The third-order valence-corrected chi connectivity index (χ3v) is 2.92. The maximum absolute atomic E-state index is 10.9. The van der Waals surface area contributed by atoms with Crippen molar-refractivity contribution in [1.29, 1.82) is 0 Å². The first kappa shape index (κ1) is 14.6. The molecule has 0 fully saturated rings. The number of nitro groups is 1. The van der Waals surface area contributed by atoms with Crippen molar-refractivity contribution < 1.29 is 9.66 Å². The molecular weight excluding hydrogens is 272 g/mol. The highest BCUT2D eigenvalue weighted by molar-refractivity contribution is 5.63. The highest BCUT2D eigenvalue weighted by atomic mass is 16.6. The van der Waals surface area contributed by atoms with Gasteiger partial charge in [0.2, 0.25) is 5.88 Å². The number of non-ortho nitro benzene ring substituents is 1. The molecule has 1 aromatic heterocycles. The molecule has 0 spiro atoms. The summed E-state index contributed by atoms with van der Waals surface area (Å²) in [4.78, 5) is 14.5. The van der Waals surface area contributed by atoms with Crippen LogP contribution in [0.2, 0.25) is 0 Å². The maximum atomic E-state index is 10.9. The number of rotatable bonds is 6. The zero-order chi connectivity index (χ0) is 15.2. The number of aromatic nitrogens is 1. The number of benzene rings is 1. The smallest absolute Gasteiger partial charge is 0.273 e. The Morgan fingerprint density at radius 2 is 2.05 bits per heavy atom. The lowest BCUT2D eigenvalue weighted by atomic mass is 10.2. The lowest BCUT2D eigenvalue weighted by Crippen LogP contribution is -2.02. The van der Waals surface area contributed by atoms with Crippen LogP contribution in [0.5, 0.6) is 5.88 Å². The van der Waals surface area contributed by atoms with Gasteiger partial charge in [-0.25, -0.2) is 4.98 Å². The van der Waals surface area contributed by atoms with E-state index in [0.29, 0.717) is 23.8 Å². The minimum absolute atomic E-state index is 0.0386. The van der Waals surface area contributed by atoms with Gasteiger partial charge in [0.05, 0.1) is 12.0 Å². The number of hydrogen-bond donors (Lipinski definition) is 2. The van der Waals surface area contributed by atoms with E-state index in [4.69, 9.17) is 4.74 Å². The molecule has 0 saturated heterocycles. The number of nitrogens with zero attached hydrogens (tertiary/aromatic N) is 2. The van der Waals surface area contributed by atoms with Crippen LogP contribution >= 0.6 is 0 Å². The van der Waals surface area contributed by atoms with E-state index in [9.17, 15) is 10.1 Å². The van der Waals surface area contributed by atoms with Crippen LogP contribution in [0, 0.1) is 10.1 Å². The molecule has 7 nitrogen and oxygen atoms in total.